The van der Waals surface area contributed by atoms with Gasteiger partial charge in [-0.2, -0.15) is 9.13 Å². The first-order valence-corrected chi connectivity index (χ1v) is 16.2. The van der Waals surface area contributed by atoms with Crippen LogP contribution in [0.1, 0.15) is 77.0 Å². The topological polar surface area (TPSA) is 20.6 Å². The van der Waals surface area contributed by atoms with E-state index < -0.39 is 0 Å². The van der Waals surface area contributed by atoms with Crippen molar-refractivity contribution < 1.29 is 9.13 Å². The van der Waals surface area contributed by atoms with Gasteiger partial charge < -0.3 is 0 Å². The standard InChI is InChI=1S/C40H43N3/c1-6-9-16-29-21-22-33-32(27-29)36-20-13-15-25-43(36)40(8-3,38(33,4)7-2)39(5)34-18-11-10-17-31(34)37-28-30(23-26-42(37)39)35-19-12-14-24-41-35/h10-15,17-28H,6-9,16H2,1-5H3/q+2. The average Bonchev–Trinajstić information content (AvgIpc) is 3.33. The highest BCUT2D eigenvalue weighted by Crippen LogP contribution is 2.59. The third-order valence-corrected chi connectivity index (χ3v) is 11.1. The first-order valence-electron chi connectivity index (χ1n) is 16.2. The molecule has 3 aromatic heterocycles. The van der Waals surface area contributed by atoms with Crippen LogP contribution in [0.4, 0.5) is 0 Å². The highest BCUT2D eigenvalue weighted by Gasteiger charge is 2.75. The Balaban J connectivity index is 1.54. The van der Waals surface area contributed by atoms with E-state index in [2.05, 4.69) is 146 Å². The summed E-state index contributed by atoms with van der Waals surface area (Å²) in [6.07, 6.45) is 12.2. The van der Waals surface area contributed by atoms with Gasteiger partial charge in [0.15, 0.2) is 12.4 Å². The predicted molar refractivity (Wildman–Crippen MR) is 175 cm³/mol. The molecule has 0 radical (unpaired) electrons. The van der Waals surface area contributed by atoms with Crippen molar-refractivity contribution >= 4 is 0 Å². The number of nitrogens with zero attached hydrogens (tertiary/aromatic N) is 3. The molecule has 3 atom stereocenters. The molecule has 0 spiro atoms. The minimum atomic E-state index is -0.361. The van der Waals surface area contributed by atoms with Crippen LogP contribution < -0.4 is 9.13 Å². The summed E-state index contributed by atoms with van der Waals surface area (Å²) in [4.78, 5) is 4.69. The van der Waals surface area contributed by atoms with Crippen molar-refractivity contribution in [2.24, 2.45) is 0 Å². The third kappa shape index (κ3) is 3.63. The monoisotopic (exact) mass is 565 g/mol. The summed E-state index contributed by atoms with van der Waals surface area (Å²) in [6.45, 7) is 12.1. The lowest BCUT2D eigenvalue weighted by Crippen LogP contribution is -2.82. The predicted octanol–water partition coefficient (Wildman–Crippen LogP) is 8.56. The quantitative estimate of drug-likeness (QED) is 0.181. The summed E-state index contributed by atoms with van der Waals surface area (Å²) >= 11 is 0. The van der Waals surface area contributed by atoms with Gasteiger partial charge in [0.1, 0.15) is 0 Å². The number of fused-ring (bicyclic) bond motifs is 6. The van der Waals surface area contributed by atoms with Crippen LogP contribution in [-0.4, -0.2) is 4.98 Å². The summed E-state index contributed by atoms with van der Waals surface area (Å²) in [5.41, 5.74) is 11.0. The Labute approximate surface area is 256 Å². The van der Waals surface area contributed by atoms with E-state index in [0.29, 0.717) is 0 Å². The maximum Gasteiger partial charge on any atom is 0.256 e. The Morgan fingerprint density at radius 2 is 1.49 bits per heavy atom. The van der Waals surface area contributed by atoms with E-state index in [4.69, 9.17) is 0 Å². The van der Waals surface area contributed by atoms with Crippen molar-refractivity contribution in [1.82, 2.24) is 4.98 Å². The van der Waals surface area contributed by atoms with Crippen LogP contribution in [0.15, 0.2) is 110 Å². The fourth-order valence-electron chi connectivity index (χ4n) is 8.94. The molecular formula is C40H43N3+2. The fourth-order valence-corrected chi connectivity index (χ4v) is 8.94. The number of hydrogen-bond donors (Lipinski definition) is 0. The number of aryl methyl sites for hydroxylation is 1. The second-order valence-corrected chi connectivity index (χ2v) is 12.8. The summed E-state index contributed by atoms with van der Waals surface area (Å²) in [7, 11) is 0. The van der Waals surface area contributed by atoms with Gasteiger partial charge in [-0.25, -0.2) is 0 Å². The third-order valence-electron chi connectivity index (χ3n) is 11.1. The van der Waals surface area contributed by atoms with Gasteiger partial charge in [0.2, 0.25) is 16.9 Å². The number of unbranched alkanes of at least 4 members (excludes halogenated alkanes) is 1. The lowest BCUT2D eigenvalue weighted by molar-refractivity contribution is -0.866. The normalized spacial score (nSPS) is 23.3. The summed E-state index contributed by atoms with van der Waals surface area (Å²) in [5, 5.41) is 0. The Bertz CT molecular complexity index is 1830. The molecule has 0 N–H and O–H groups in total. The molecule has 5 heterocycles. The van der Waals surface area contributed by atoms with Crippen molar-refractivity contribution in [3.05, 3.63) is 126 Å². The van der Waals surface area contributed by atoms with E-state index in [1.54, 1.807) is 0 Å². The molecule has 2 aliphatic heterocycles. The minimum absolute atomic E-state index is 0.143. The van der Waals surface area contributed by atoms with Crippen LogP contribution in [0, 0.1) is 0 Å². The van der Waals surface area contributed by atoms with Gasteiger partial charge in [0, 0.05) is 54.9 Å². The highest BCUT2D eigenvalue weighted by atomic mass is 15.2. The van der Waals surface area contributed by atoms with Crippen LogP contribution in [0.25, 0.3) is 33.8 Å². The van der Waals surface area contributed by atoms with Gasteiger partial charge in [0.25, 0.3) is 5.54 Å². The lowest BCUT2D eigenvalue weighted by atomic mass is 9.52. The van der Waals surface area contributed by atoms with Gasteiger partial charge in [0.05, 0.1) is 22.2 Å². The molecule has 0 saturated carbocycles. The van der Waals surface area contributed by atoms with E-state index in [1.807, 2.05) is 12.3 Å². The summed E-state index contributed by atoms with van der Waals surface area (Å²) < 4.78 is 5.26. The van der Waals surface area contributed by atoms with Gasteiger partial charge in [-0.3, -0.25) is 4.98 Å². The van der Waals surface area contributed by atoms with E-state index in [0.717, 1.165) is 30.5 Å². The van der Waals surface area contributed by atoms with Crippen molar-refractivity contribution in [1.29, 1.82) is 0 Å². The maximum absolute atomic E-state index is 4.69. The second kappa shape index (κ2) is 10.3. The largest absolute Gasteiger partial charge is 0.256 e. The van der Waals surface area contributed by atoms with Crippen molar-refractivity contribution in [2.45, 2.75) is 83.2 Å². The molecule has 3 heteroatoms. The smallest absolute Gasteiger partial charge is 0.256 e. The zero-order chi connectivity index (χ0) is 29.8. The Hall–Kier alpha value is -4.11. The number of hydrogen-bond acceptors (Lipinski definition) is 1. The zero-order valence-electron chi connectivity index (χ0n) is 26.3. The molecule has 43 heavy (non-hydrogen) atoms. The van der Waals surface area contributed by atoms with Crippen LogP contribution in [0.5, 0.6) is 0 Å². The maximum atomic E-state index is 4.69. The van der Waals surface area contributed by atoms with Gasteiger partial charge >= 0.3 is 0 Å². The molecule has 2 aliphatic rings. The van der Waals surface area contributed by atoms with Crippen LogP contribution in [0.2, 0.25) is 0 Å². The van der Waals surface area contributed by atoms with Crippen molar-refractivity contribution in [3.8, 4) is 33.8 Å². The van der Waals surface area contributed by atoms with E-state index >= 15 is 0 Å². The molecular weight excluding hydrogens is 522 g/mol. The number of pyridine rings is 3. The first-order chi connectivity index (χ1) is 20.9. The molecule has 0 amide bonds. The zero-order valence-corrected chi connectivity index (χ0v) is 26.3. The van der Waals surface area contributed by atoms with Crippen LogP contribution in [-0.2, 0) is 22.9 Å². The van der Waals surface area contributed by atoms with Gasteiger partial charge in [-0.15, -0.1) is 0 Å². The van der Waals surface area contributed by atoms with Crippen LogP contribution in [0.3, 0.4) is 0 Å². The summed E-state index contributed by atoms with van der Waals surface area (Å²) in [5.74, 6) is 0. The van der Waals surface area contributed by atoms with Crippen molar-refractivity contribution in [3.63, 3.8) is 0 Å². The first kappa shape index (κ1) is 27.7. The molecule has 216 valence electrons. The second-order valence-electron chi connectivity index (χ2n) is 12.8. The molecule has 3 unspecified atom stereocenters. The lowest BCUT2D eigenvalue weighted by Gasteiger charge is -2.52. The van der Waals surface area contributed by atoms with E-state index in [-0.39, 0.29) is 16.5 Å². The molecule has 0 bridgehead atoms. The Morgan fingerprint density at radius 3 is 2.26 bits per heavy atom. The molecule has 3 nitrogen and oxygen atoms in total. The Morgan fingerprint density at radius 1 is 0.674 bits per heavy atom. The number of aromatic nitrogens is 3. The number of rotatable bonds is 7. The highest BCUT2D eigenvalue weighted by molar-refractivity contribution is 5.73. The molecule has 0 aliphatic carbocycles. The van der Waals surface area contributed by atoms with Gasteiger partial charge in [-0.1, -0.05) is 63.6 Å². The van der Waals surface area contributed by atoms with Gasteiger partial charge in [-0.05, 0) is 67.6 Å². The fraction of sp³-hybridized carbons (Fsp3) is 0.325. The summed E-state index contributed by atoms with van der Waals surface area (Å²) in [6, 6.07) is 34.1. The van der Waals surface area contributed by atoms with Crippen LogP contribution >= 0.6 is 0 Å². The molecule has 2 aromatic carbocycles. The SMILES string of the molecule is CCCCc1ccc2c(c1)-c1cccc[n+]1C(CC)(C1(C)c3ccccc3-c3cc(-c4ccccn4)cc[n+]31)C2(C)CC. The minimum Gasteiger partial charge on any atom is -0.256 e. The average molecular weight is 566 g/mol. The van der Waals surface area contributed by atoms with E-state index in [1.165, 1.54) is 52.0 Å². The van der Waals surface area contributed by atoms with E-state index in [9.17, 15) is 0 Å². The molecule has 0 fully saturated rings. The van der Waals surface area contributed by atoms with Crippen molar-refractivity contribution in [2.75, 3.05) is 0 Å². The molecule has 0 saturated heterocycles. The molecule has 7 rings (SSSR count). The number of benzene rings is 2. The Kier molecular flexibility index (Phi) is 6.61. The molecule has 5 aromatic rings.